The third-order valence-corrected chi connectivity index (χ3v) is 4.39. The number of nitrogens with two attached hydrogens (primary N) is 1. The van der Waals surface area contributed by atoms with Crippen molar-refractivity contribution in [3.8, 4) is 5.75 Å². The summed E-state index contributed by atoms with van der Waals surface area (Å²) in [7, 11) is 0. The van der Waals surface area contributed by atoms with Gasteiger partial charge in [-0.25, -0.2) is 10.6 Å². The molecule has 1 aliphatic rings. The van der Waals surface area contributed by atoms with Gasteiger partial charge in [0.25, 0.3) is 0 Å². The van der Waals surface area contributed by atoms with Gasteiger partial charge < -0.3 is 9.84 Å². The number of thiocarbonyl (C=S) groups is 1. The number of benzene rings is 2. The number of hydrogen-bond donors (Lipinski definition) is 4. The SMILES string of the molecule is C[C@H](/C(=N\NC(=S)NN)c1ccc(O)cc1)[C@@H]1OC(=O)c2ccccc21. The number of ether oxygens (including phenoxy) is 1. The van der Waals surface area contributed by atoms with E-state index in [2.05, 4.69) is 16.0 Å². The molecule has 0 amide bonds. The predicted molar refractivity (Wildman–Crippen MR) is 101 cm³/mol. The van der Waals surface area contributed by atoms with E-state index in [1.165, 1.54) is 0 Å². The van der Waals surface area contributed by atoms with Crippen molar-refractivity contribution in [3.63, 3.8) is 0 Å². The molecule has 8 heteroatoms. The summed E-state index contributed by atoms with van der Waals surface area (Å²) in [5, 5.41) is 14.0. The molecule has 5 N–H and O–H groups in total. The van der Waals surface area contributed by atoms with Crippen LogP contribution in [0.15, 0.2) is 53.6 Å². The number of nitrogens with zero attached hydrogens (tertiary/aromatic N) is 1. The number of esters is 1. The molecule has 0 radical (unpaired) electrons. The van der Waals surface area contributed by atoms with Gasteiger partial charge in [0.05, 0.1) is 11.3 Å². The Labute approximate surface area is 155 Å². The first-order chi connectivity index (χ1) is 12.5. The fourth-order valence-electron chi connectivity index (χ4n) is 2.89. The summed E-state index contributed by atoms with van der Waals surface area (Å²) < 4.78 is 5.58. The van der Waals surface area contributed by atoms with Crippen LogP contribution in [0.3, 0.4) is 0 Å². The molecule has 134 valence electrons. The fourth-order valence-corrected chi connectivity index (χ4v) is 2.94. The predicted octanol–water partition coefficient (Wildman–Crippen LogP) is 1.98. The van der Waals surface area contributed by atoms with Gasteiger partial charge in [0.2, 0.25) is 5.11 Å². The van der Waals surface area contributed by atoms with Crippen LogP contribution >= 0.6 is 12.2 Å². The molecule has 0 aromatic heterocycles. The normalized spacial score (nSPS) is 17.2. The summed E-state index contributed by atoms with van der Waals surface area (Å²) in [6.45, 7) is 1.91. The van der Waals surface area contributed by atoms with Gasteiger partial charge in [0, 0.05) is 11.5 Å². The maximum Gasteiger partial charge on any atom is 0.339 e. The summed E-state index contributed by atoms with van der Waals surface area (Å²) >= 11 is 4.97. The monoisotopic (exact) mass is 370 g/mol. The van der Waals surface area contributed by atoms with E-state index in [4.69, 9.17) is 22.8 Å². The zero-order valence-electron chi connectivity index (χ0n) is 14.0. The Morgan fingerprint density at radius 3 is 2.65 bits per heavy atom. The van der Waals surface area contributed by atoms with Gasteiger partial charge in [-0.15, -0.1) is 0 Å². The lowest BCUT2D eigenvalue weighted by atomic mass is 9.89. The molecule has 2 aromatic carbocycles. The molecule has 2 atom stereocenters. The highest BCUT2D eigenvalue weighted by atomic mass is 32.1. The van der Waals surface area contributed by atoms with E-state index in [0.717, 1.165) is 11.1 Å². The van der Waals surface area contributed by atoms with Crippen LogP contribution < -0.4 is 16.7 Å². The second kappa shape index (κ2) is 7.51. The average molecular weight is 370 g/mol. The van der Waals surface area contributed by atoms with E-state index >= 15 is 0 Å². The summed E-state index contributed by atoms with van der Waals surface area (Å²) in [4.78, 5) is 12.1. The van der Waals surface area contributed by atoms with E-state index < -0.39 is 6.10 Å². The molecule has 26 heavy (non-hydrogen) atoms. The number of hydrazone groups is 1. The molecule has 0 fully saturated rings. The van der Waals surface area contributed by atoms with Crippen LogP contribution in [0.1, 0.15) is 34.5 Å². The van der Waals surface area contributed by atoms with Gasteiger partial charge >= 0.3 is 5.97 Å². The second-order valence-corrected chi connectivity index (χ2v) is 6.24. The number of hydrogen-bond acceptors (Lipinski definition) is 6. The van der Waals surface area contributed by atoms with Crippen molar-refractivity contribution in [1.29, 1.82) is 0 Å². The van der Waals surface area contributed by atoms with Crippen LogP contribution in [0.5, 0.6) is 5.75 Å². The van der Waals surface area contributed by atoms with Gasteiger partial charge in [-0.2, -0.15) is 5.10 Å². The zero-order valence-corrected chi connectivity index (χ0v) is 14.8. The molecule has 0 bridgehead atoms. The summed E-state index contributed by atoms with van der Waals surface area (Å²) in [6, 6.07) is 13.9. The van der Waals surface area contributed by atoms with Crippen LogP contribution in [0.25, 0.3) is 0 Å². The minimum absolute atomic E-state index is 0.144. The first kappa shape index (κ1) is 17.8. The van der Waals surface area contributed by atoms with Crippen molar-refractivity contribution in [2.24, 2.45) is 16.9 Å². The van der Waals surface area contributed by atoms with Gasteiger partial charge in [0.15, 0.2) is 0 Å². The minimum Gasteiger partial charge on any atom is -0.508 e. The Hall–Kier alpha value is -2.97. The highest BCUT2D eigenvalue weighted by molar-refractivity contribution is 7.80. The molecular weight excluding hydrogens is 352 g/mol. The minimum atomic E-state index is -0.479. The number of hydrazine groups is 1. The molecule has 0 spiro atoms. The van der Waals surface area contributed by atoms with E-state index in [-0.39, 0.29) is 22.7 Å². The molecule has 2 aromatic rings. The van der Waals surface area contributed by atoms with Crippen LogP contribution in [-0.4, -0.2) is 21.9 Å². The Balaban J connectivity index is 1.98. The van der Waals surface area contributed by atoms with Crippen molar-refractivity contribution < 1.29 is 14.6 Å². The average Bonchev–Trinajstić information content (AvgIpc) is 3.00. The van der Waals surface area contributed by atoms with Gasteiger partial charge in [-0.1, -0.05) is 25.1 Å². The van der Waals surface area contributed by atoms with Crippen LogP contribution in [0, 0.1) is 5.92 Å². The van der Waals surface area contributed by atoms with E-state index in [1.54, 1.807) is 36.4 Å². The smallest absolute Gasteiger partial charge is 0.339 e. The van der Waals surface area contributed by atoms with Gasteiger partial charge in [0.1, 0.15) is 11.9 Å². The number of cyclic esters (lactones) is 1. The molecule has 0 aliphatic carbocycles. The maximum absolute atomic E-state index is 12.1. The lowest BCUT2D eigenvalue weighted by molar-refractivity contribution is 0.0326. The molecule has 7 nitrogen and oxygen atoms in total. The van der Waals surface area contributed by atoms with E-state index in [9.17, 15) is 9.90 Å². The lowest BCUT2D eigenvalue weighted by Gasteiger charge is -2.21. The van der Waals surface area contributed by atoms with E-state index in [0.29, 0.717) is 11.3 Å². The Morgan fingerprint density at radius 1 is 1.27 bits per heavy atom. The van der Waals surface area contributed by atoms with E-state index in [1.807, 2.05) is 19.1 Å². The maximum atomic E-state index is 12.1. The zero-order chi connectivity index (χ0) is 18.7. The Kier molecular flexibility index (Phi) is 5.15. The number of rotatable bonds is 4. The van der Waals surface area contributed by atoms with Crippen LogP contribution in [0.2, 0.25) is 0 Å². The molecule has 1 heterocycles. The highest BCUT2D eigenvalue weighted by Crippen LogP contribution is 2.37. The highest BCUT2D eigenvalue weighted by Gasteiger charge is 2.37. The molecule has 0 saturated carbocycles. The molecule has 0 saturated heterocycles. The van der Waals surface area contributed by atoms with Crippen molar-refractivity contribution in [2.75, 3.05) is 0 Å². The number of fused-ring (bicyclic) bond motifs is 1. The van der Waals surface area contributed by atoms with Crippen LogP contribution in [0.4, 0.5) is 0 Å². The number of carbonyl (C=O) groups is 1. The fraction of sp³-hybridized carbons (Fsp3) is 0.167. The number of phenols is 1. The molecule has 1 aliphatic heterocycles. The van der Waals surface area contributed by atoms with Gasteiger partial charge in [-0.3, -0.25) is 10.9 Å². The third-order valence-electron chi connectivity index (χ3n) is 4.18. The van der Waals surface area contributed by atoms with Crippen molar-refractivity contribution in [1.82, 2.24) is 10.9 Å². The van der Waals surface area contributed by atoms with Gasteiger partial charge in [-0.05, 0) is 48.1 Å². The lowest BCUT2D eigenvalue weighted by Crippen LogP contribution is -2.38. The summed E-state index contributed by atoms with van der Waals surface area (Å²) in [5.41, 5.74) is 7.70. The van der Waals surface area contributed by atoms with Crippen molar-refractivity contribution in [3.05, 3.63) is 65.2 Å². The number of nitrogens with one attached hydrogen (secondary N) is 2. The molecule has 0 unspecified atom stereocenters. The summed E-state index contributed by atoms with van der Waals surface area (Å²) in [5.74, 6) is 4.79. The number of phenolic OH excluding ortho intramolecular Hbond substituents is 1. The summed E-state index contributed by atoms with van der Waals surface area (Å²) in [6.07, 6.45) is -0.479. The second-order valence-electron chi connectivity index (χ2n) is 5.83. The first-order valence-corrected chi connectivity index (χ1v) is 8.35. The molecular formula is C18H18N4O3S. The van der Waals surface area contributed by atoms with Crippen molar-refractivity contribution >= 4 is 29.0 Å². The van der Waals surface area contributed by atoms with Crippen molar-refractivity contribution in [2.45, 2.75) is 13.0 Å². The Bertz CT molecular complexity index is 867. The number of carbonyl (C=O) groups excluding carboxylic acids is 1. The quantitative estimate of drug-likeness (QED) is 0.214. The van der Waals surface area contributed by atoms with Crippen LogP contribution in [-0.2, 0) is 4.74 Å². The first-order valence-electron chi connectivity index (χ1n) is 7.94. The largest absolute Gasteiger partial charge is 0.508 e. The number of aromatic hydroxyl groups is 1. The third kappa shape index (κ3) is 3.51. The Morgan fingerprint density at radius 2 is 1.96 bits per heavy atom. The molecule has 3 rings (SSSR count). The standard InChI is InChI=1S/C18H18N4O3S/c1-10(16-13-4-2-3-5-14(13)17(24)25-16)15(21-22-18(26)20-19)11-6-8-12(23)9-7-11/h2-10,16,23H,19H2,1H3,(H2,20,22,26)/b21-15+/t10-,16+/m1/s1. The topological polar surface area (TPSA) is 109 Å².